The minimum absolute atomic E-state index is 0.0841. The number of fused-ring (bicyclic) bond motifs is 2. The first-order chi connectivity index (χ1) is 16.2. The van der Waals surface area contributed by atoms with E-state index in [-0.39, 0.29) is 41.6 Å². The maximum Gasteiger partial charge on any atom is 0.443 e. The van der Waals surface area contributed by atoms with Gasteiger partial charge in [0.25, 0.3) is 11.5 Å². The lowest BCUT2D eigenvalue weighted by atomic mass is 10.2. The topological polar surface area (TPSA) is 82.3 Å². The summed E-state index contributed by atoms with van der Waals surface area (Å²) >= 11 is 0.525. The van der Waals surface area contributed by atoms with Crippen LogP contribution in [0.4, 0.5) is 13.2 Å². The number of ether oxygens (including phenoxy) is 1. The van der Waals surface area contributed by atoms with Crippen LogP contribution < -0.4 is 10.3 Å². The average molecular weight is 489 g/mol. The van der Waals surface area contributed by atoms with Gasteiger partial charge in [0.1, 0.15) is 23.7 Å². The number of imidazole rings is 1. The molecule has 1 aliphatic heterocycles. The quantitative estimate of drug-likeness (QED) is 0.429. The highest BCUT2D eigenvalue weighted by Crippen LogP contribution is 2.38. The molecule has 0 unspecified atom stereocenters. The van der Waals surface area contributed by atoms with E-state index in [1.807, 2.05) is 6.92 Å². The summed E-state index contributed by atoms with van der Waals surface area (Å²) in [7, 11) is 0. The summed E-state index contributed by atoms with van der Waals surface area (Å²) in [5.74, 6) is -0.0255. The Morgan fingerprint density at radius 3 is 2.71 bits per heavy atom. The number of pyridine rings is 1. The largest absolute Gasteiger partial charge is 0.490 e. The Kier molecular flexibility index (Phi) is 5.39. The second-order valence-corrected chi connectivity index (χ2v) is 8.74. The zero-order valence-electron chi connectivity index (χ0n) is 17.9. The minimum Gasteiger partial charge on any atom is -0.490 e. The monoisotopic (exact) mass is 489 g/mol. The van der Waals surface area contributed by atoms with Crippen LogP contribution in [0.15, 0.2) is 47.7 Å². The number of hydrogen-bond acceptors (Lipinski definition) is 6. The Hall–Kier alpha value is -3.67. The fraction of sp³-hybridized carbons (Fsp3) is 0.273. The van der Waals surface area contributed by atoms with Gasteiger partial charge in [-0.2, -0.15) is 13.2 Å². The molecule has 0 saturated carbocycles. The predicted molar refractivity (Wildman–Crippen MR) is 119 cm³/mol. The molecule has 0 aliphatic carbocycles. The molecule has 0 spiro atoms. The van der Waals surface area contributed by atoms with E-state index in [2.05, 4.69) is 9.97 Å². The molecular formula is C22H18F3N5O3S. The zero-order valence-corrected chi connectivity index (χ0v) is 18.7. The molecule has 0 bridgehead atoms. The van der Waals surface area contributed by atoms with E-state index in [4.69, 9.17) is 4.74 Å². The van der Waals surface area contributed by atoms with E-state index in [0.29, 0.717) is 34.8 Å². The van der Waals surface area contributed by atoms with Crippen molar-refractivity contribution >= 4 is 27.5 Å². The van der Waals surface area contributed by atoms with Crippen LogP contribution in [0.5, 0.6) is 5.75 Å². The van der Waals surface area contributed by atoms with E-state index < -0.39 is 11.2 Å². The Balaban J connectivity index is 1.30. The highest BCUT2D eigenvalue weighted by molar-refractivity contribution is 7.19. The summed E-state index contributed by atoms with van der Waals surface area (Å²) in [6.45, 7) is 2.75. The second-order valence-electron chi connectivity index (χ2n) is 7.74. The van der Waals surface area contributed by atoms with Gasteiger partial charge in [0.2, 0.25) is 0 Å². The van der Waals surface area contributed by atoms with Crippen LogP contribution in [-0.4, -0.2) is 49.6 Å². The van der Waals surface area contributed by atoms with Gasteiger partial charge in [0.15, 0.2) is 5.01 Å². The van der Waals surface area contributed by atoms with Crippen molar-refractivity contribution in [3.8, 4) is 11.4 Å². The molecule has 0 saturated heterocycles. The van der Waals surface area contributed by atoms with E-state index in [1.54, 1.807) is 46.3 Å². The summed E-state index contributed by atoms with van der Waals surface area (Å²) in [4.78, 5) is 35.2. The van der Waals surface area contributed by atoms with Gasteiger partial charge in [-0.15, -0.1) is 11.3 Å². The van der Waals surface area contributed by atoms with Crippen LogP contribution in [0.25, 0.3) is 15.9 Å². The van der Waals surface area contributed by atoms with E-state index >= 15 is 0 Å². The fourth-order valence-corrected chi connectivity index (χ4v) is 4.75. The molecule has 176 valence electrons. The number of rotatable bonds is 5. The van der Waals surface area contributed by atoms with Crippen molar-refractivity contribution in [1.82, 2.24) is 24.0 Å². The van der Waals surface area contributed by atoms with Crippen molar-refractivity contribution in [2.45, 2.75) is 19.6 Å². The van der Waals surface area contributed by atoms with Crippen LogP contribution >= 0.6 is 11.3 Å². The van der Waals surface area contributed by atoms with Gasteiger partial charge in [-0.25, -0.2) is 9.97 Å². The number of carbonyl (C=O) groups excluding carboxylic acids is 1. The second kappa shape index (κ2) is 8.28. The first-order valence-electron chi connectivity index (χ1n) is 10.4. The molecule has 3 aromatic heterocycles. The van der Waals surface area contributed by atoms with Crippen LogP contribution in [0, 0.1) is 6.92 Å². The third kappa shape index (κ3) is 3.94. The molecule has 8 nitrogen and oxygen atoms in total. The number of thiazole rings is 1. The summed E-state index contributed by atoms with van der Waals surface area (Å²) < 4.78 is 48.1. The Labute approximate surface area is 194 Å². The lowest BCUT2D eigenvalue weighted by Crippen LogP contribution is -2.46. The molecule has 1 amide bonds. The lowest BCUT2D eigenvalue weighted by molar-refractivity contribution is -0.137. The molecule has 0 N–H and O–H groups in total. The molecule has 0 fully saturated rings. The normalized spacial score (nSPS) is 14.0. The van der Waals surface area contributed by atoms with Gasteiger partial charge in [0.05, 0.1) is 28.8 Å². The number of hydrogen-bond donors (Lipinski definition) is 0. The van der Waals surface area contributed by atoms with Crippen molar-refractivity contribution in [2.75, 3.05) is 19.7 Å². The number of aryl methyl sites for hydroxylation is 1. The summed E-state index contributed by atoms with van der Waals surface area (Å²) in [6, 6.07) is 7.85. The Morgan fingerprint density at radius 1 is 1.15 bits per heavy atom. The van der Waals surface area contributed by atoms with Gasteiger partial charge in [-0.1, -0.05) is 6.07 Å². The van der Waals surface area contributed by atoms with Crippen LogP contribution in [0.1, 0.15) is 21.2 Å². The molecule has 0 radical (unpaired) electrons. The minimum atomic E-state index is -4.52. The molecule has 4 heterocycles. The Bertz CT molecular complexity index is 1460. The third-order valence-electron chi connectivity index (χ3n) is 5.48. The van der Waals surface area contributed by atoms with Gasteiger partial charge in [-0.05, 0) is 31.2 Å². The van der Waals surface area contributed by atoms with Gasteiger partial charge in [-0.3, -0.25) is 9.59 Å². The molecular weight excluding hydrogens is 471 g/mol. The Morgan fingerprint density at radius 2 is 1.97 bits per heavy atom. The standard InChI is InChI=1S/C22H18F3N5O3S/c1-13-11-29(12-26-13)15-5-6-16-19(31)28(7-8-30(16)20(15)32)9-10-33-17-4-2-3-14-18(17)34-21(27-14)22(23,24)25/h2-6,11-12H,7-10H2,1H3. The maximum absolute atomic E-state index is 13.0. The summed E-state index contributed by atoms with van der Waals surface area (Å²) in [6.07, 6.45) is -1.24. The number of amides is 1. The number of nitrogens with zero attached hydrogens (tertiary/aromatic N) is 5. The van der Waals surface area contributed by atoms with Crippen molar-refractivity contribution in [2.24, 2.45) is 0 Å². The molecule has 1 aromatic carbocycles. The van der Waals surface area contributed by atoms with Crippen LogP contribution in [-0.2, 0) is 12.7 Å². The first-order valence-corrected chi connectivity index (χ1v) is 11.2. The first kappa shape index (κ1) is 22.1. The van der Waals surface area contributed by atoms with E-state index in [0.717, 1.165) is 5.69 Å². The molecule has 4 aromatic rings. The highest BCUT2D eigenvalue weighted by atomic mass is 32.1. The summed E-state index contributed by atoms with van der Waals surface area (Å²) in [5, 5.41) is -0.933. The number of carbonyl (C=O) groups is 1. The lowest BCUT2D eigenvalue weighted by Gasteiger charge is -2.29. The van der Waals surface area contributed by atoms with E-state index in [1.165, 1.54) is 10.6 Å². The van der Waals surface area contributed by atoms with Crippen molar-refractivity contribution < 1.29 is 22.7 Å². The molecule has 0 atom stereocenters. The number of benzene rings is 1. The van der Waals surface area contributed by atoms with Gasteiger partial charge < -0.3 is 18.8 Å². The summed E-state index contributed by atoms with van der Waals surface area (Å²) in [5.41, 5.74) is 1.38. The number of halogens is 3. The maximum atomic E-state index is 13.0. The third-order valence-corrected chi connectivity index (χ3v) is 6.61. The SMILES string of the molecule is Cc1cn(-c2ccc3n(c2=O)CCN(CCOc2cccc4nc(C(F)(F)F)sc24)C3=O)cn1. The fourth-order valence-electron chi connectivity index (χ4n) is 3.85. The average Bonchev–Trinajstić information content (AvgIpc) is 3.42. The van der Waals surface area contributed by atoms with Gasteiger partial charge in [0, 0.05) is 19.3 Å². The smallest absolute Gasteiger partial charge is 0.443 e. The zero-order chi connectivity index (χ0) is 24.0. The number of aromatic nitrogens is 4. The van der Waals surface area contributed by atoms with Crippen LogP contribution in [0.2, 0.25) is 0 Å². The highest BCUT2D eigenvalue weighted by Gasteiger charge is 2.35. The van der Waals surface area contributed by atoms with Crippen molar-refractivity contribution in [1.29, 1.82) is 0 Å². The van der Waals surface area contributed by atoms with E-state index in [9.17, 15) is 22.8 Å². The molecule has 5 rings (SSSR count). The number of alkyl halides is 3. The van der Waals surface area contributed by atoms with Gasteiger partial charge >= 0.3 is 6.18 Å². The molecule has 34 heavy (non-hydrogen) atoms. The predicted octanol–water partition coefficient (Wildman–Crippen LogP) is 3.51. The molecule has 12 heteroatoms. The van der Waals surface area contributed by atoms with Crippen molar-refractivity contribution in [3.05, 3.63) is 69.6 Å². The molecule has 1 aliphatic rings. The van der Waals surface area contributed by atoms with Crippen molar-refractivity contribution in [3.63, 3.8) is 0 Å². The van der Waals surface area contributed by atoms with Crippen LogP contribution in [0.3, 0.4) is 0 Å².